The smallest absolute Gasteiger partial charge is 0.279 e. The zero-order valence-corrected chi connectivity index (χ0v) is 14.8. The molecule has 2 aromatic carbocycles. The first-order chi connectivity index (χ1) is 10.5. The maximum Gasteiger partial charge on any atom is 0.279 e. The number of carbonyl (C=O) groups excluding carboxylic acids is 1. The number of quaternary nitrogens is 1. The van der Waals surface area contributed by atoms with Gasteiger partial charge in [0.05, 0.1) is 7.05 Å². The number of nitrogens with one attached hydrogen (secondary N) is 2. The molecule has 116 valence electrons. The van der Waals surface area contributed by atoms with Crippen LogP contribution >= 0.6 is 15.9 Å². The molecule has 0 aromatic heterocycles. The van der Waals surface area contributed by atoms with E-state index in [0.29, 0.717) is 6.54 Å². The average molecular weight is 362 g/mol. The highest BCUT2D eigenvalue weighted by molar-refractivity contribution is 9.10. The van der Waals surface area contributed by atoms with E-state index >= 15 is 0 Å². The van der Waals surface area contributed by atoms with E-state index in [2.05, 4.69) is 40.3 Å². The molecule has 22 heavy (non-hydrogen) atoms. The van der Waals surface area contributed by atoms with Gasteiger partial charge in [0.2, 0.25) is 0 Å². The van der Waals surface area contributed by atoms with Crippen molar-refractivity contribution in [2.45, 2.75) is 19.9 Å². The first kappa shape index (κ1) is 16.7. The van der Waals surface area contributed by atoms with Crippen molar-refractivity contribution in [3.63, 3.8) is 0 Å². The van der Waals surface area contributed by atoms with Gasteiger partial charge in [-0.05, 0) is 37.6 Å². The molecule has 0 fully saturated rings. The van der Waals surface area contributed by atoms with E-state index in [-0.39, 0.29) is 11.9 Å². The van der Waals surface area contributed by atoms with Crippen molar-refractivity contribution in [1.82, 2.24) is 0 Å². The third kappa shape index (κ3) is 4.42. The second-order valence-corrected chi connectivity index (χ2v) is 6.58. The molecule has 2 rings (SSSR count). The maximum atomic E-state index is 12.3. The van der Waals surface area contributed by atoms with E-state index < -0.39 is 0 Å². The van der Waals surface area contributed by atoms with E-state index in [9.17, 15) is 4.79 Å². The number of rotatable bonds is 5. The summed E-state index contributed by atoms with van der Waals surface area (Å²) in [5, 5.41) is 2.99. The summed E-state index contributed by atoms with van der Waals surface area (Å²) in [7, 11) is 2.05. The fraction of sp³-hybridized carbons (Fsp3) is 0.278. The third-order valence-electron chi connectivity index (χ3n) is 3.94. The SMILES string of the molecule is Cc1cc(Br)ccc1NC(=O)C[NH+](C)[C@@H](C)c1ccccc1. The Morgan fingerprint density at radius 2 is 1.91 bits per heavy atom. The zero-order chi connectivity index (χ0) is 16.1. The first-order valence-corrected chi connectivity index (χ1v) is 8.20. The van der Waals surface area contributed by atoms with Crippen LogP contribution in [0.2, 0.25) is 0 Å². The van der Waals surface area contributed by atoms with Crippen molar-refractivity contribution >= 4 is 27.5 Å². The highest BCUT2D eigenvalue weighted by atomic mass is 79.9. The molecule has 0 saturated carbocycles. The molecule has 0 saturated heterocycles. The predicted octanol–water partition coefficient (Wildman–Crippen LogP) is 2.97. The zero-order valence-electron chi connectivity index (χ0n) is 13.2. The molecule has 0 radical (unpaired) electrons. The summed E-state index contributed by atoms with van der Waals surface area (Å²) in [6, 6.07) is 16.4. The van der Waals surface area contributed by atoms with Crippen molar-refractivity contribution in [3.8, 4) is 0 Å². The van der Waals surface area contributed by atoms with E-state index in [1.807, 2.05) is 50.4 Å². The Labute approximate surface area is 140 Å². The van der Waals surface area contributed by atoms with Crippen molar-refractivity contribution in [3.05, 3.63) is 64.1 Å². The average Bonchev–Trinajstić information content (AvgIpc) is 2.50. The van der Waals surface area contributed by atoms with Gasteiger partial charge >= 0.3 is 0 Å². The van der Waals surface area contributed by atoms with Crippen LogP contribution in [0.1, 0.15) is 24.1 Å². The number of benzene rings is 2. The van der Waals surface area contributed by atoms with Crippen LogP contribution in [-0.2, 0) is 4.79 Å². The van der Waals surface area contributed by atoms with Crippen molar-refractivity contribution in [2.75, 3.05) is 18.9 Å². The third-order valence-corrected chi connectivity index (χ3v) is 4.43. The summed E-state index contributed by atoms with van der Waals surface area (Å²) in [5.74, 6) is 0.0331. The number of hydrogen-bond acceptors (Lipinski definition) is 1. The maximum absolute atomic E-state index is 12.3. The fourth-order valence-corrected chi connectivity index (χ4v) is 2.87. The van der Waals surface area contributed by atoms with Gasteiger partial charge in [0, 0.05) is 15.7 Å². The number of halogens is 1. The lowest BCUT2D eigenvalue weighted by Crippen LogP contribution is -3.10. The normalized spacial score (nSPS) is 13.5. The molecule has 2 aromatic rings. The van der Waals surface area contributed by atoms with Gasteiger partial charge in [-0.1, -0.05) is 46.3 Å². The number of aryl methyl sites for hydroxylation is 1. The van der Waals surface area contributed by atoms with Gasteiger partial charge in [-0.15, -0.1) is 0 Å². The van der Waals surface area contributed by atoms with Crippen molar-refractivity contribution < 1.29 is 9.69 Å². The van der Waals surface area contributed by atoms with Crippen LogP contribution in [0.25, 0.3) is 0 Å². The second-order valence-electron chi connectivity index (χ2n) is 5.66. The van der Waals surface area contributed by atoms with Gasteiger partial charge in [0.25, 0.3) is 5.91 Å². The van der Waals surface area contributed by atoms with Gasteiger partial charge in [-0.25, -0.2) is 0 Å². The number of hydrogen-bond donors (Lipinski definition) is 2. The van der Waals surface area contributed by atoms with Gasteiger partial charge in [-0.3, -0.25) is 4.79 Å². The van der Waals surface area contributed by atoms with E-state index in [1.165, 1.54) is 10.5 Å². The van der Waals surface area contributed by atoms with Gasteiger partial charge < -0.3 is 10.2 Å². The number of carbonyl (C=O) groups is 1. The lowest BCUT2D eigenvalue weighted by atomic mass is 10.1. The Morgan fingerprint density at radius 3 is 2.55 bits per heavy atom. The van der Waals surface area contributed by atoms with E-state index in [1.54, 1.807) is 0 Å². The molecule has 3 nitrogen and oxygen atoms in total. The number of anilines is 1. The molecular formula is C18H22BrN2O+. The minimum absolute atomic E-state index is 0.0331. The van der Waals surface area contributed by atoms with Gasteiger partial charge in [-0.2, -0.15) is 0 Å². The van der Waals surface area contributed by atoms with Gasteiger partial charge in [0.1, 0.15) is 6.04 Å². The van der Waals surface area contributed by atoms with E-state index in [0.717, 1.165) is 15.7 Å². The first-order valence-electron chi connectivity index (χ1n) is 7.40. The Kier molecular flexibility index (Phi) is 5.75. The summed E-state index contributed by atoms with van der Waals surface area (Å²) >= 11 is 3.43. The molecule has 0 aliphatic carbocycles. The molecule has 0 heterocycles. The van der Waals surface area contributed by atoms with Crippen LogP contribution in [0.4, 0.5) is 5.69 Å². The molecule has 4 heteroatoms. The van der Waals surface area contributed by atoms with Crippen LogP contribution in [0.5, 0.6) is 0 Å². The highest BCUT2D eigenvalue weighted by Gasteiger charge is 2.18. The summed E-state index contributed by atoms with van der Waals surface area (Å²) in [6.45, 7) is 4.57. The molecule has 2 N–H and O–H groups in total. The molecule has 0 aliphatic heterocycles. The van der Waals surface area contributed by atoms with Crippen LogP contribution in [-0.4, -0.2) is 19.5 Å². The standard InChI is InChI=1S/C18H21BrN2O/c1-13-11-16(19)9-10-17(13)20-18(22)12-21(3)14(2)15-7-5-4-6-8-15/h4-11,14H,12H2,1-3H3,(H,20,22)/p+1/t14-/m0/s1. The minimum Gasteiger partial charge on any atom is -0.324 e. The molecule has 0 bridgehead atoms. The lowest BCUT2D eigenvalue weighted by molar-refractivity contribution is -0.902. The quantitative estimate of drug-likeness (QED) is 0.843. The molecule has 1 amide bonds. The largest absolute Gasteiger partial charge is 0.324 e. The molecule has 1 unspecified atom stereocenters. The number of likely N-dealkylation sites (N-methyl/N-ethyl adjacent to an activating group) is 1. The molecule has 0 aliphatic rings. The predicted molar refractivity (Wildman–Crippen MR) is 94.1 cm³/mol. The van der Waals surface area contributed by atoms with Gasteiger partial charge in [0.15, 0.2) is 6.54 Å². The second kappa shape index (κ2) is 7.56. The van der Waals surface area contributed by atoms with Crippen LogP contribution in [0, 0.1) is 6.92 Å². The topological polar surface area (TPSA) is 33.5 Å². The van der Waals surface area contributed by atoms with Crippen LogP contribution in [0.15, 0.2) is 53.0 Å². The van der Waals surface area contributed by atoms with Crippen LogP contribution in [0.3, 0.4) is 0 Å². The van der Waals surface area contributed by atoms with E-state index in [4.69, 9.17) is 0 Å². The Bertz CT molecular complexity index is 643. The summed E-state index contributed by atoms with van der Waals surface area (Å²) in [6.07, 6.45) is 0. The summed E-state index contributed by atoms with van der Waals surface area (Å²) < 4.78 is 1.02. The highest BCUT2D eigenvalue weighted by Crippen LogP contribution is 2.19. The fourth-order valence-electron chi connectivity index (χ4n) is 2.39. The summed E-state index contributed by atoms with van der Waals surface area (Å²) in [4.78, 5) is 13.4. The Morgan fingerprint density at radius 1 is 1.23 bits per heavy atom. The Balaban J connectivity index is 1.96. The molecular weight excluding hydrogens is 340 g/mol. The van der Waals surface area contributed by atoms with Crippen LogP contribution < -0.4 is 10.2 Å². The minimum atomic E-state index is 0.0331. The number of amides is 1. The van der Waals surface area contributed by atoms with Crippen molar-refractivity contribution in [1.29, 1.82) is 0 Å². The van der Waals surface area contributed by atoms with Crippen molar-refractivity contribution in [2.24, 2.45) is 0 Å². The Hall–Kier alpha value is -1.65. The summed E-state index contributed by atoms with van der Waals surface area (Å²) in [5.41, 5.74) is 3.16. The lowest BCUT2D eigenvalue weighted by Gasteiger charge is -2.21. The molecule has 2 atom stereocenters. The molecule has 0 spiro atoms. The monoisotopic (exact) mass is 361 g/mol.